The SMILES string of the molecule is CC(C)C(=O)[C@@H]1[C@H]2CC[C@H]2CN1C(C)C. The monoisotopic (exact) mass is 209 g/mol. The van der Waals surface area contributed by atoms with Crippen LogP contribution >= 0.6 is 0 Å². The summed E-state index contributed by atoms with van der Waals surface area (Å²) in [7, 11) is 0. The molecule has 1 saturated carbocycles. The molecule has 0 radical (unpaired) electrons. The molecule has 2 fully saturated rings. The molecule has 2 nitrogen and oxygen atoms in total. The predicted molar refractivity (Wildman–Crippen MR) is 61.7 cm³/mol. The topological polar surface area (TPSA) is 20.3 Å². The van der Waals surface area contributed by atoms with Crippen LogP contribution in [0, 0.1) is 17.8 Å². The van der Waals surface area contributed by atoms with Crippen LogP contribution in [0.15, 0.2) is 0 Å². The second-order valence-electron chi connectivity index (χ2n) is 5.79. The third-order valence-corrected chi connectivity index (χ3v) is 4.21. The lowest BCUT2D eigenvalue weighted by atomic mass is 9.71. The Labute approximate surface area is 93.0 Å². The Bertz CT molecular complexity index is 259. The van der Waals surface area contributed by atoms with Gasteiger partial charge in [0.2, 0.25) is 0 Å². The zero-order valence-electron chi connectivity index (χ0n) is 10.4. The zero-order chi connectivity index (χ0) is 11.2. The molecule has 2 rings (SSSR count). The van der Waals surface area contributed by atoms with Crippen molar-refractivity contribution in [1.82, 2.24) is 4.90 Å². The highest BCUT2D eigenvalue weighted by Crippen LogP contribution is 2.46. The maximum atomic E-state index is 12.2. The van der Waals surface area contributed by atoms with E-state index in [9.17, 15) is 4.79 Å². The van der Waals surface area contributed by atoms with Gasteiger partial charge in [0, 0.05) is 18.5 Å². The van der Waals surface area contributed by atoms with Crippen molar-refractivity contribution in [1.29, 1.82) is 0 Å². The van der Waals surface area contributed by atoms with Gasteiger partial charge in [-0.25, -0.2) is 0 Å². The highest BCUT2D eigenvalue weighted by molar-refractivity contribution is 5.86. The zero-order valence-corrected chi connectivity index (χ0v) is 10.4. The van der Waals surface area contributed by atoms with Crippen LogP contribution in [0.2, 0.25) is 0 Å². The molecule has 1 aliphatic carbocycles. The molecule has 0 unspecified atom stereocenters. The lowest BCUT2D eigenvalue weighted by molar-refractivity contribution is -0.128. The van der Waals surface area contributed by atoms with Gasteiger partial charge in [-0.15, -0.1) is 0 Å². The van der Waals surface area contributed by atoms with E-state index in [2.05, 4.69) is 18.7 Å². The van der Waals surface area contributed by atoms with Gasteiger partial charge >= 0.3 is 0 Å². The minimum absolute atomic E-state index is 0.190. The van der Waals surface area contributed by atoms with E-state index in [1.807, 2.05) is 13.8 Å². The molecular weight excluding hydrogens is 186 g/mol. The van der Waals surface area contributed by atoms with Crippen molar-refractivity contribution < 1.29 is 4.79 Å². The molecule has 3 atom stereocenters. The maximum absolute atomic E-state index is 12.2. The first kappa shape index (κ1) is 11.1. The number of nitrogens with zero attached hydrogens (tertiary/aromatic N) is 1. The number of ketones is 1. The Morgan fingerprint density at radius 1 is 1.20 bits per heavy atom. The van der Waals surface area contributed by atoms with E-state index < -0.39 is 0 Å². The minimum atomic E-state index is 0.190. The highest BCUT2D eigenvalue weighted by atomic mass is 16.1. The van der Waals surface area contributed by atoms with Gasteiger partial charge in [0.05, 0.1) is 6.04 Å². The lowest BCUT2D eigenvalue weighted by Crippen LogP contribution is -2.45. The minimum Gasteiger partial charge on any atom is -0.298 e. The number of fused-ring (bicyclic) bond motifs is 1. The standard InChI is InChI=1S/C13H23NO/c1-8(2)13(15)12-11-6-5-10(11)7-14(12)9(3)4/h8-12H,5-7H2,1-4H3/t10-,11-,12-/m0/s1. The van der Waals surface area contributed by atoms with Crippen LogP contribution in [0.5, 0.6) is 0 Å². The van der Waals surface area contributed by atoms with E-state index in [0.717, 1.165) is 12.5 Å². The summed E-state index contributed by atoms with van der Waals surface area (Å²) in [6, 6.07) is 0.757. The van der Waals surface area contributed by atoms with Crippen LogP contribution in [-0.2, 0) is 4.79 Å². The largest absolute Gasteiger partial charge is 0.298 e. The highest BCUT2D eigenvalue weighted by Gasteiger charge is 2.50. The van der Waals surface area contributed by atoms with Crippen LogP contribution in [0.25, 0.3) is 0 Å². The summed E-state index contributed by atoms with van der Waals surface area (Å²) >= 11 is 0. The average Bonchev–Trinajstić information content (AvgIpc) is 2.36. The van der Waals surface area contributed by atoms with Gasteiger partial charge in [-0.1, -0.05) is 13.8 Å². The molecule has 2 aliphatic rings. The van der Waals surface area contributed by atoms with Crippen molar-refractivity contribution >= 4 is 5.78 Å². The van der Waals surface area contributed by atoms with Crippen molar-refractivity contribution in [2.24, 2.45) is 17.8 Å². The number of rotatable bonds is 3. The molecule has 15 heavy (non-hydrogen) atoms. The van der Waals surface area contributed by atoms with Gasteiger partial charge in [-0.3, -0.25) is 9.69 Å². The van der Waals surface area contributed by atoms with E-state index >= 15 is 0 Å². The molecule has 86 valence electrons. The van der Waals surface area contributed by atoms with E-state index in [1.54, 1.807) is 0 Å². The summed E-state index contributed by atoms with van der Waals surface area (Å²) in [5.41, 5.74) is 0. The first-order chi connectivity index (χ1) is 7.02. The van der Waals surface area contributed by atoms with Crippen LogP contribution in [0.3, 0.4) is 0 Å². The van der Waals surface area contributed by atoms with Crippen molar-refractivity contribution in [3.8, 4) is 0 Å². The Morgan fingerprint density at radius 3 is 2.27 bits per heavy atom. The maximum Gasteiger partial charge on any atom is 0.152 e. The molecule has 1 heterocycles. The Kier molecular flexibility index (Phi) is 2.89. The van der Waals surface area contributed by atoms with Crippen molar-refractivity contribution in [3.05, 3.63) is 0 Å². The molecule has 0 bridgehead atoms. The van der Waals surface area contributed by atoms with E-state index in [4.69, 9.17) is 0 Å². The number of hydrogen-bond acceptors (Lipinski definition) is 2. The Morgan fingerprint density at radius 2 is 1.87 bits per heavy atom. The molecule has 0 aromatic heterocycles. The van der Waals surface area contributed by atoms with Gasteiger partial charge < -0.3 is 0 Å². The molecule has 2 heteroatoms. The van der Waals surface area contributed by atoms with Gasteiger partial charge in [-0.2, -0.15) is 0 Å². The molecular formula is C13H23NO. The smallest absolute Gasteiger partial charge is 0.152 e. The van der Waals surface area contributed by atoms with Crippen LogP contribution in [0.1, 0.15) is 40.5 Å². The fraction of sp³-hybridized carbons (Fsp3) is 0.923. The van der Waals surface area contributed by atoms with Gasteiger partial charge in [0.1, 0.15) is 0 Å². The summed E-state index contributed by atoms with van der Waals surface area (Å²) < 4.78 is 0. The molecule has 1 saturated heterocycles. The number of Topliss-reactive ketones (excluding diaryl/α,β-unsaturated/α-hetero) is 1. The van der Waals surface area contributed by atoms with E-state index in [-0.39, 0.29) is 12.0 Å². The normalized spacial score (nSPS) is 35.7. The summed E-state index contributed by atoms with van der Waals surface area (Å²) in [5.74, 6) is 2.16. The van der Waals surface area contributed by atoms with E-state index in [1.165, 1.54) is 12.8 Å². The Hall–Kier alpha value is -0.370. The summed E-state index contributed by atoms with van der Waals surface area (Å²) in [4.78, 5) is 14.6. The molecule has 0 aromatic rings. The van der Waals surface area contributed by atoms with E-state index in [0.29, 0.717) is 17.7 Å². The molecule has 0 N–H and O–H groups in total. The number of carbonyl (C=O) groups is 1. The first-order valence-corrected chi connectivity index (χ1v) is 6.31. The van der Waals surface area contributed by atoms with Gasteiger partial charge in [-0.05, 0) is 38.5 Å². The molecule has 0 spiro atoms. The van der Waals surface area contributed by atoms with Crippen molar-refractivity contribution in [2.45, 2.75) is 52.6 Å². The predicted octanol–water partition coefficient (Wildman–Crippen LogP) is 2.33. The Balaban J connectivity index is 2.15. The summed E-state index contributed by atoms with van der Waals surface area (Å²) in [5, 5.41) is 0. The summed E-state index contributed by atoms with van der Waals surface area (Å²) in [6.07, 6.45) is 2.62. The second-order valence-corrected chi connectivity index (χ2v) is 5.79. The lowest BCUT2D eigenvalue weighted by Gasteiger charge is -2.34. The number of likely N-dealkylation sites (tertiary alicyclic amines) is 1. The third-order valence-electron chi connectivity index (χ3n) is 4.21. The molecule has 0 amide bonds. The van der Waals surface area contributed by atoms with Crippen molar-refractivity contribution in [2.75, 3.05) is 6.54 Å². The second kappa shape index (κ2) is 3.89. The van der Waals surface area contributed by atoms with Crippen LogP contribution in [0.4, 0.5) is 0 Å². The van der Waals surface area contributed by atoms with Crippen LogP contribution in [-0.4, -0.2) is 29.3 Å². The summed E-state index contributed by atoms with van der Waals surface area (Å²) in [6.45, 7) is 9.65. The fourth-order valence-corrected chi connectivity index (χ4v) is 3.12. The average molecular weight is 209 g/mol. The number of carbonyl (C=O) groups excluding carboxylic acids is 1. The first-order valence-electron chi connectivity index (χ1n) is 6.31. The van der Waals surface area contributed by atoms with Gasteiger partial charge in [0.15, 0.2) is 5.78 Å². The quantitative estimate of drug-likeness (QED) is 0.711. The fourth-order valence-electron chi connectivity index (χ4n) is 3.12. The van der Waals surface area contributed by atoms with Gasteiger partial charge in [0.25, 0.3) is 0 Å². The number of hydrogen-bond donors (Lipinski definition) is 0. The molecule has 1 aliphatic heterocycles. The van der Waals surface area contributed by atoms with Crippen molar-refractivity contribution in [3.63, 3.8) is 0 Å². The van der Waals surface area contributed by atoms with Crippen LogP contribution < -0.4 is 0 Å². The molecule has 0 aromatic carbocycles. The third kappa shape index (κ3) is 1.73.